The normalized spacial score (nSPS) is 12.2. The van der Waals surface area contributed by atoms with Crippen LogP contribution in [0.2, 0.25) is 0 Å². The molecular formula is C10H20N2O. The van der Waals surface area contributed by atoms with E-state index in [1.165, 1.54) is 0 Å². The monoisotopic (exact) mass is 184 g/mol. The number of rotatable bonds is 7. The van der Waals surface area contributed by atoms with Crippen LogP contribution in [0.15, 0.2) is 12.7 Å². The first-order valence-electron chi connectivity index (χ1n) is 4.81. The van der Waals surface area contributed by atoms with Gasteiger partial charge in [0.25, 0.3) is 0 Å². The predicted molar refractivity (Wildman–Crippen MR) is 55.6 cm³/mol. The Labute approximate surface area is 80.6 Å². The Bertz CT molecular complexity index is 157. The van der Waals surface area contributed by atoms with Crippen LogP contribution in [0.4, 0.5) is 0 Å². The molecule has 0 radical (unpaired) electrons. The van der Waals surface area contributed by atoms with Crippen LogP contribution in [0.5, 0.6) is 0 Å². The third-order valence-corrected chi connectivity index (χ3v) is 1.89. The fourth-order valence-electron chi connectivity index (χ4n) is 0.787. The van der Waals surface area contributed by atoms with E-state index in [1.807, 2.05) is 0 Å². The fraction of sp³-hybridized carbons (Fsp3) is 0.700. The van der Waals surface area contributed by atoms with Gasteiger partial charge in [-0.1, -0.05) is 13.0 Å². The standard InChI is InChI=1S/C10H20N2O/c1-4-6-7-11-10(13)8-12-9(3)5-2/h4,9,12H,1,5-8H2,2-3H3,(H,11,13). The molecule has 2 N–H and O–H groups in total. The number of carbonyl (C=O) groups excluding carboxylic acids is 1. The zero-order chi connectivity index (χ0) is 10.1. The molecule has 0 saturated carbocycles. The van der Waals surface area contributed by atoms with E-state index in [1.54, 1.807) is 6.08 Å². The molecule has 0 fully saturated rings. The minimum absolute atomic E-state index is 0.0575. The van der Waals surface area contributed by atoms with Gasteiger partial charge >= 0.3 is 0 Å². The van der Waals surface area contributed by atoms with Crippen molar-refractivity contribution in [1.82, 2.24) is 10.6 Å². The van der Waals surface area contributed by atoms with E-state index in [9.17, 15) is 4.79 Å². The second-order valence-corrected chi connectivity index (χ2v) is 3.12. The molecule has 13 heavy (non-hydrogen) atoms. The van der Waals surface area contributed by atoms with Crippen molar-refractivity contribution in [2.45, 2.75) is 32.7 Å². The van der Waals surface area contributed by atoms with Gasteiger partial charge in [0.1, 0.15) is 0 Å². The third kappa shape index (κ3) is 7.53. The lowest BCUT2D eigenvalue weighted by Gasteiger charge is -2.10. The van der Waals surface area contributed by atoms with E-state index in [0.29, 0.717) is 19.1 Å². The summed E-state index contributed by atoms with van der Waals surface area (Å²) in [5.41, 5.74) is 0. The highest BCUT2D eigenvalue weighted by Crippen LogP contribution is 1.85. The largest absolute Gasteiger partial charge is 0.355 e. The molecule has 1 amide bonds. The fourth-order valence-corrected chi connectivity index (χ4v) is 0.787. The maximum Gasteiger partial charge on any atom is 0.233 e. The van der Waals surface area contributed by atoms with E-state index in [4.69, 9.17) is 0 Å². The van der Waals surface area contributed by atoms with Crippen molar-refractivity contribution >= 4 is 5.91 Å². The molecule has 0 heterocycles. The summed E-state index contributed by atoms with van der Waals surface area (Å²) in [4.78, 5) is 11.1. The quantitative estimate of drug-likeness (QED) is 0.459. The van der Waals surface area contributed by atoms with Gasteiger partial charge in [-0.3, -0.25) is 4.79 Å². The molecule has 0 aromatic rings. The topological polar surface area (TPSA) is 41.1 Å². The number of hydrogen-bond acceptors (Lipinski definition) is 2. The van der Waals surface area contributed by atoms with E-state index < -0.39 is 0 Å². The second kappa shape index (κ2) is 7.80. The van der Waals surface area contributed by atoms with Crippen LogP contribution in [0.1, 0.15) is 26.7 Å². The lowest BCUT2D eigenvalue weighted by Crippen LogP contribution is -2.37. The molecule has 3 heteroatoms. The number of carbonyl (C=O) groups is 1. The van der Waals surface area contributed by atoms with Gasteiger partial charge in [0.2, 0.25) is 5.91 Å². The Balaban J connectivity index is 3.34. The predicted octanol–water partition coefficient (Wildman–Crippen LogP) is 1.07. The zero-order valence-corrected chi connectivity index (χ0v) is 8.60. The van der Waals surface area contributed by atoms with Gasteiger partial charge in [0.05, 0.1) is 6.54 Å². The Hall–Kier alpha value is -0.830. The van der Waals surface area contributed by atoms with E-state index in [-0.39, 0.29) is 5.91 Å². The van der Waals surface area contributed by atoms with Gasteiger partial charge in [-0.15, -0.1) is 6.58 Å². The molecule has 3 nitrogen and oxygen atoms in total. The highest BCUT2D eigenvalue weighted by molar-refractivity contribution is 5.77. The average Bonchev–Trinajstić information content (AvgIpc) is 2.14. The summed E-state index contributed by atoms with van der Waals surface area (Å²) in [6.07, 6.45) is 3.66. The van der Waals surface area contributed by atoms with Gasteiger partial charge in [-0.05, 0) is 19.8 Å². The first-order chi connectivity index (χ1) is 6.20. The molecule has 0 aliphatic rings. The molecule has 1 unspecified atom stereocenters. The van der Waals surface area contributed by atoms with Crippen molar-refractivity contribution in [3.05, 3.63) is 12.7 Å². The molecular weight excluding hydrogens is 164 g/mol. The zero-order valence-electron chi connectivity index (χ0n) is 8.60. The summed E-state index contributed by atoms with van der Waals surface area (Å²) in [7, 11) is 0. The van der Waals surface area contributed by atoms with Crippen LogP contribution in [-0.4, -0.2) is 25.0 Å². The first kappa shape index (κ1) is 12.2. The van der Waals surface area contributed by atoms with Gasteiger partial charge in [-0.25, -0.2) is 0 Å². The van der Waals surface area contributed by atoms with Gasteiger partial charge < -0.3 is 10.6 Å². The minimum Gasteiger partial charge on any atom is -0.355 e. The molecule has 0 aromatic heterocycles. The van der Waals surface area contributed by atoms with Crippen LogP contribution in [-0.2, 0) is 4.79 Å². The van der Waals surface area contributed by atoms with Crippen LogP contribution >= 0.6 is 0 Å². The summed E-state index contributed by atoms with van der Waals surface area (Å²) in [5.74, 6) is 0.0575. The second-order valence-electron chi connectivity index (χ2n) is 3.12. The summed E-state index contributed by atoms with van der Waals surface area (Å²) < 4.78 is 0. The Morgan fingerprint density at radius 3 is 2.85 bits per heavy atom. The number of hydrogen-bond donors (Lipinski definition) is 2. The van der Waals surface area contributed by atoms with Crippen molar-refractivity contribution in [2.24, 2.45) is 0 Å². The Morgan fingerprint density at radius 1 is 1.62 bits per heavy atom. The Kier molecular flexibility index (Phi) is 7.30. The van der Waals surface area contributed by atoms with Gasteiger partial charge in [0, 0.05) is 12.6 Å². The third-order valence-electron chi connectivity index (χ3n) is 1.89. The van der Waals surface area contributed by atoms with Crippen molar-refractivity contribution in [3.63, 3.8) is 0 Å². The number of amides is 1. The highest BCUT2D eigenvalue weighted by atomic mass is 16.1. The smallest absolute Gasteiger partial charge is 0.233 e. The molecule has 76 valence electrons. The van der Waals surface area contributed by atoms with Crippen LogP contribution < -0.4 is 10.6 Å². The van der Waals surface area contributed by atoms with Gasteiger partial charge in [0.15, 0.2) is 0 Å². The van der Waals surface area contributed by atoms with Crippen molar-refractivity contribution in [1.29, 1.82) is 0 Å². The maximum absolute atomic E-state index is 11.1. The summed E-state index contributed by atoms with van der Waals surface area (Å²) in [6, 6.07) is 0.408. The highest BCUT2D eigenvalue weighted by Gasteiger charge is 2.01. The summed E-state index contributed by atoms with van der Waals surface area (Å²) >= 11 is 0. The van der Waals surface area contributed by atoms with Crippen LogP contribution in [0.25, 0.3) is 0 Å². The first-order valence-corrected chi connectivity index (χ1v) is 4.81. The van der Waals surface area contributed by atoms with Crippen molar-refractivity contribution < 1.29 is 4.79 Å². The van der Waals surface area contributed by atoms with Crippen molar-refractivity contribution in [3.8, 4) is 0 Å². The lowest BCUT2D eigenvalue weighted by molar-refractivity contribution is -0.120. The molecule has 0 aliphatic heterocycles. The number of nitrogens with one attached hydrogen (secondary N) is 2. The van der Waals surface area contributed by atoms with Crippen molar-refractivity contribution in [2.75, 3.05) is 13.1 Å². The Morgan fingerprint density at radius 2 is 2.31 bits per heavy atom. The molecule has 0 bridgehead atoms. The molecule has 0 aromatic carbocycles. The van der Waals surface area contributed by atoms with Crippen LogP contribution in [0.3, 0.4) is 0 Å². The van der Waals surface area contributed by atoms with Gasteiger partial charge in [-0.2, -0.15) is 0 Å². The lowest BCUT2D eigenvalue weighted by atomic mass is 10.2. The maximum atomic E-state index is 11.1. The van der Waals surface area contributed by atoms with Crippen LogP contribution in [0, 0.1) is 0 Å². The minimum atomic E-state index is 0.0575. The molecule has 0 saturated heterocycles. The summed E-state index contributed by atoms with van der Waals surface area (Å²) in [5, 5.41) is 5.91. The molecule has 0 aliphatic carbocycles. The van der Waals surface area contributed by atoms with E-state index in [0.717, 1.165) is 12.8 Å². The SMILES string of the molecule is C=CCCNC(=O)CNC(C)CC. The molecule has 1 atom stereocenters. The molecule has 0 spiro atoms. The van der Waals surface area contributed by atoms with E-state index in [2.05, 4.69) is 31.1 Å². The molecule has 0 rings (SSSR count). The summed E-state index contributed by atoms with van der Waals surface area (Å²) in [6.45, 7) is 8.83. The average molecular weight is 184 g/mol. The van der Waals surface area contributed by atoms with E-state index >= 15 is 0 Å².